The molecular weight excluding hydrogens is 295 g/mol. The summed E-state index contributed by atoms with van der Waals surface area (Å²) in [6.07, 6.45) is 7.91. The number of halogens is 2. The van der Waals surface area contributed by atoms with Crippen LogP contribution in [-0.2, 0) is 11.2 Å². The number of ketones is 1. The quantitative estimate of drug-likeness (QED) is 0.746. The summed E-state index contributed by atoms with van der Waals surface area (Å²) in [6, 6.07) is 4.73. The van der Waals surface area contributed by atoms with Crippen LogP contribution in [0.15, 0.2) is 34.3 Å². The molecule has 0 bridgehead atoms. The van der Waals surface area contributed by atoms with Crippen molar-refractivity contribution in [2.45, 2.75) is 38.5 Å². The van der Waals surface area contributed by atoms with E-state index in [-0.39, 0.29) is 11.6 Å². The van der Waals surface area contributed by atoms with Crippen molar-refractivity contribution in [3.8, 4) is 0 Å². The zero-order valence-electron chi connectivity index (χ0n) is 10.2. The highest BCUT2D eigenvalue weighted by Gasteiger charge is 2.09. The fourth-order valence-electron chi connectivity index (χ4n) is 2.28. The Morgan fingerprint density at radius 1 is 1.28 bits per heavy atom. The molecule has 0 amide bonds. The van der Waals surface area contributed by atoms with Crippen molar-refractivity contribution < 1.29 is 9.18 Å². The third kappa shape index (κ3) is 3.77. The largest absolute Gasteiger partial charge is 0.294 e. The molecule has 0 saturated heterocycles. The molecule has 0 heterocycles. The molecule has 1 nitrogen and oxygen atoms in total. The van der Waals surface area contributed by atoms with E-state index in [2.05, 4.69) is 15.9 Å². The minimum Gasteiger partial charge on any atom is -0.294 e. The van der Waals surface area contributed by atoms with Crippen LogP contribution in [0.25, 0.3) is 0 Å². The molecule has 1 aliphatic carbocycles. The molecular formula is C15H16BrFO. The van der Waals surface area contributed by atoms with Gasteiger partial charge in [-0.2, -0.15) is 0 Å². The maximum absolute atomic E-state index is 13.1. The summed E-state index contributed by atoms with van der Waals surface area (Å²) in [7, 11) is 0. The van der Waals surface area contributed by atoms with Gasteiger partial charge in [0.1, 0.15) is 5.82 Å². The molecule has 0 N–H and O–H groups in total. The van der Waals surface area contributed by atoms with E-state index < -0.39 is 0 Å². The van der Waals surface area contributed by atoms with Crippen LogP contribution in [0.3, 0.4) is 0 Å². The second-order valence-corrected chi connectivity index (χ2v) is 5.61. The van der Waals surface area contributed by atoms with Crippen LogP contribution >= 0.6 is 15.9 Å². The lowest BCUT2D eigenvalue weighted by Crippen LogP contribution is -2.03. The van der Waals surface area contributed by atoms with Gasteiger partial charge >= 0.3 is 0 Å². The summed E-state index contributed by atoms with van der Waals surface area (Å²) in [5.41, 5.74) is 2.12. The number of hydrogen-bond acceptors (Lipinski definition) is 1. The van der Waals surface area contributed by atoms with E-state index in [0.717, 1.165) is 18.4 Å². The molecule has 1 aromatic rings. The van der Waals surface area contributed by atoms with Crippen LogP contribution in [0.2, 0.25) is 0 Å². The molecule has 3 heteroatoms. The first-order chi connectivity index (χ1) is 8.65. The molecule has 0 aliphatic heterocycles. The predicted octanol–water partition coefficient (Wildman–Crippen LogP) is 4.59. The summed E-state index contributed by atoms with van der Waals surface area (Å²) in [4.78, 5) is 11.9. The van der Waals surface area contributed by atoms with E-state index in [4.69, 9.17) is 0 Å². The molecule has 1 fully saturated rings. The predicted molar refractivity (Wildman–Crippen MR) is 74.0 cm³/mol. The third-order valence-corrected chi connectivity index (χ3v) is 3.83. The molecule has 0 unspecified atom stereocenters. The summed E-state index contributed by atoms with van der Waals surface area (Å²) < 4.78 is 13.5. The Bertz CT molecular complexity index is 471. The summed E-state index contributed by atoms with van der Waals surface area (Å²) in [6.45, 7) is 0. The second-order valence-electron chi connectivity index (χ2n) is 4.75. The highest BCUT2D eigenvalue weighted by Crippen LogP contribution is 2.23. The lowest BCUT2D eigenvalue weighted by atomic mass is 9.93. The van der Waals surface area contributed by atoms with Crippen molar-refractivity contribution in [1.82, 2.24) is 0 Å². The van der Waals surface area contributed by atoms with E-state index in [1.807, 2.05) is 0 Å². The minimum atomic E-state index is -0.295. The van der Waals surface area contributed by atoms with E-state index >= 15 is 0 Å². The fraction of sp³-hybridized carbons (Fsp3) is 0.400. The average Bonchev–Trinajstić information content (AvgIpc) is 2.35. The van der Waals surface area contributed by atoms with Gasteiger partial charge in [0.25, 0.3) is 0 Å². The number of carbonyl (C=O) groups is 1. The zero-order chi connectivity index (χ0) is 13.0. The Labute approximate surface area is 115 Å². The molecule has 0 aromatic heterocycles. The summed E-state index contributed by atoms with van der Waals surface area (Å²) >= 11 is 3.13. The first kappa shape index (κ1) is 13.5. The highest BCUT2D eigenvalue weighted by atomic mass is 79.9. The molecule has 1 aliphatic rings. The van der Waals surface area contributed by atoms with Crippen LogP contribution in [0, 0.1) is 5.82 Å². The van der Waals surface area contributed by atoms with Gasteiger partial charge in [0, 0.05) is 6.42 Å². The lowest BCUT2D eigenvalue weighted by Gasteiger charge is -2.12. The molecule has 0 spiro atoms. The van der Waals surface area contributed by atoms with Gasteiger partial charge in [0.15, 0.2) is 5.78 Å². The maximum atomic E-state index is 13.1. The van der Waals surface area contributed by atoms with Gasteiger partial charge in [-0.15, -0.1) is 0 Å². The number of hydrogen-bond donors (Lipinski definition) is 0. The van der Waals surface area contributed by atoms with Crippen molar-refractivity contribution in [3.63, 3.8) is 0 Å². The van der Waals surface area contributed by atoms with Crippen molar-refractivity contribution in [1.29, 1.82) is 0 Å². The van der Waals surface area contributed by atoms with Gasteiger partial charge in [0.05, 0.1) is 4.47 Å². The van der Waals surface area contributed by atoms with E-state index in [1.165, 1.54) is 30.9 Å². The van der Waals surface area contributed by atoms with Crippen molar-refractivity contribution in [2.24, 2.45) is 0 Å². The fourth-order valence-corrected chi connectivity index (χ4v) is 2.71. The Morgan fingerprint density at radius 2 is 2.00 bits per heavy atom. The van der Waals surface area contributed by atoms with Crippen molar-refractivity contribution in [3.05, 3.63) is 45.7 Å². The molecule has 1 aromatic carbocycles. The molecule has 2 rings (SSSR count). The Kier molecular flexibility index (Phi) is 4.70. The van der Waals surface area contributed by atoms with Crippen LogP contribution in [-0.4, -0.2) is 5.78 Å². The van der Waals surface area contributed by atoms with Crippen LogP contribution in [0.1, 0.15) is 37.7 Å². The lowest BCUT2D eigenvalue weighted by molar-refractivity contribution is -0.114. The van der Waals surface area contributed by atoms with Crippen LogP contribution in [0.5, 0.6) is 0 Å². The van der Waals surface area contributed by atoms with E-state index in [1.54, 1.807) is 18.2 Å². The Balaban J connectivity index is 2.00. The van der Waals surface area contributed by atoms with Gasteiger partial charge in [-0.05, 0) is 65.4 Å². The summed E-state index contributed by atoms with van der Waals surface area (Å²) in [5, 5.41) is 0. The Morgan fingerprint density at radius 3 is 2.67 bits per heavy atom. The molecule has 18 heavy (non-hydrogen) atoms. The average molecular weight is 311 g/mol. The highest BCUT2D eigenvalue weighted by molar-refractivity contribution is 9.10. The monoisotopic (exact) mass is 310 g/mol. The topological polar surface area (TPSA) is 17.1 Å². The molecule has 0 atom stereocenters. The molecule has 1 saturated carbocycles. The zero-order valence-corrected chi connectivity index (χ0v) is 11.8. The second kappa shape index (κ2) is 6.28. The SMILES string of the molecule is O=C(C=C1CCCCC1)Cc1ccc(F)c(Br)c1. The van der Waals surface area contributed by atoms with Gasteiger partial charge < -0.3 is 0 Å². The van der Waals surface area contributed by atoms with Crippen LogP contribution in [0.4, 0.5) is 4.39 Å². The molecule has 0 radical (unpaired) electrons. The molecule has 96 valence electrons. The summed E-state index contributed by atoms with van der Waals surface area (Å²) in [5.74, 6) is -0.178. The number of rotatable bonds is 3. The van der Waals surface area contributed by atoms with Gasteiger partial charge in [-0.3, -0.25) is 4.79 Å². The van der Waals surface area contributed by atoms with E-state index in [9.17, 15) is 9.18 Å². The first-order valence-electron chi connectivity index (χ1n) is 6.31. The smallest absolute Gasteiger partial charge is 0.160 e. The van der Waals surface area contributed by atoms with Crippen molar-refractivity contribution >= 4 is 21.7 Å². The van der Waals surface area contributed by atoms with Gasteiger partial charge in [0.2, 0.25) is 0 Å². The Hall–Kier alpha value is -0.960. The normalized spacial score (nSPS) is 15.6. The third-order valence-electron chi connectivity index (χ3n) is 3.22. The van der Waals surface area contributed by atoms with Gasteiger partial charge in [-0.25, -0.2) is 4.39 Å². The van der Waals surface area contributed by atoms with Crippen LogP contribution < -0.4 is 0 Å². The first-order valence-corrected chi connectivity index (χ1v) is 7.10. The number of allylic oxidation sites excluding steroid dienone is 2. The van der Waals surface area contributed by atoms with Crippen molar-refractivity contribution in [2.75, 3.05) is 0 Å². The maximum Gasteiger partial charge on any atom is 0.160 e. The number of benzene rings is 1. The minimum absolute atomic E-state index is 0.116. The van der Waals surface area contributed by atoms with Gasteiger partial charge in [-0.1, -0.05) is 18.1 Å². The van der Waals surface area contributed by atoms with E-state index in [0.29, 0.717) is 10.9 Å². The number of carbonyl (C=O) groups excluding carboxylic acids is 1. The standard InChI is InChI=1S/C15H16BrFO/c16-14-10-12(6-7-15(14)17)9-13(18)8-11-4-2-1-3-5-11/h6-8,10H,1-5,9H2.